The van der Waals surface area contributed by atoms with Crippen LogP contribution in [0.15, 0.2) is 36.4 Å². The summed E-state index contributed by atoms with van der Waals surface area (Å²) in [7, 11) is 2.04. The predicted molar refractivity (Wildman–Crippen MR) is 78.9 cm³/mol. The number of fused-ring (bicyclic) bond motifs is 1. The first-order valence-electron chi connectivity index (χ1n) is 6.53. The smallest absolute Gasteiger partial charge is 0.130 e. The van der Waals surface area contributed by atoms with E-state index in [1.807, 2.05) is 25.2 Å². The van der Waals surface area contributed by atoms with Crippen LogP contribution < -0.4 is 4.90 Å². The molecule has 0 bridgehead atoms. The normalized spacial score (nSPS) is 15.3. The van der Waals surface area contributed by atoms with E-state index in [0.717, 1.165) is 13.0 Å². The van der Waals surface area contributed by atoms with E-state index >= 15 is 0 Å². The highest BCUT2D eigenvalue weighted by molar-refractivity contribution is 6.30. The second kappa shape index (κ2) is 5.08. The second-order valence-electron chi connectivity index (χ2n) is 5.13. The van der Waals surface area contributed by atoms with Gasteiger partial charge in [-0.2, -0.15) is 0 Å². The SMILES string of the molecule is CN1CCc2cc(C(O)c3ccc(Cl)cc3F)ccc21. The molecule has 1 aliphatic rings. The van der Waals surface area contributed by atoms with E-state index in [1.54, 1.807) is 6.07 Å². The maximum Gasteiger partial charge on any atom is 0.130 e. The summed E-state index contributed by atoms with van der Waals surface area (Å²) in [4.78, 5) is 2.17. The van der Waals surface area contributed by atoms with Crippen molar-refractivity contribution < 1.29 is 9.50 Å². The van der Waals surface area contributed by atoms with Gasteiger partial charge in [-0.05, 0) is 35.7 Å². The van der Waals surface area contributed by atoms with Gasteiger partial charge in [-0.15, -0.1) is 0 Å². The lowest BCUT2D eigenvalue weighted by Crippen LogP contribution is -2.12. The fourth-order valence-electron chi connectivity index (χ4n) is 2.66. The molecule has 0 saturated carbocycles. The lowest BCUT2D eigenvalue weighted by Gasteiger charge is -2.16. The molecular formula is C16H15ClFNO. The molecule has 0 saturated heterocycles. The fraction of sp³-hybridized carbons (Fsp3) is 0.250. The molecule has 3 rings (SSSR count). The Labute approximate surface area is 122 Å². The van der Waals surface area contributed by atoms with E-state index in [0.29, 0.717) is 10.6 Å². The molecule has 1 heterocycles. The van der Waals surface area contributed by atoms with Crippen LogP contribution in [0, 0.1) is 5.82 Å². The minimum absolute atomic E-state index is 0.251. The van der Waals surface area contributed by atoms with Gasteiger partial charge in [-0.3, -0.25) is 0 Å². The highest BCUT2D eigenvalue weighted by atomic mass is 35.5. The molecule has 1 unspecified atom stereocenters. The summed E-state index contributed by atoms with van der Waals surface area (Å²) < 4.78 is 13.9. The Bertz CT molecular complexity index is 659. The zero-order valence-electron chi connectivity index (χ0n) is 11.1. The summed E-state index contributed by atoms with van der Waals surface area (Å²) in [5.41, 5.74) is 3.33. The number of aliphatic hydroxyl groups excluding tert-OH is 1. The third-order valence-electron chi connectivity index (χ3n) is 3.80. The zero-order valence-corrected chi connectivity index (χ0v) is 11.9. The first-order valence-corrected chi connectivity index (χ1v) is 6.91. The van der Waals surface area contributed by atoms with Crippen molar-refractivity contribution in [2.45, 2.75) is 12.5 Å². The molecule has 1 aliphatic heterocycles. The van der Waals surface area contributed by atoms with Crippen molar-refractivity contribution in [2.75, 3.05) is 18.5 Å². The summed E-state index contributed by atoms with van der Waals surface area (Å²) in [6, 6.07) is 10.1. The molecule has 1 N–H and O–H groups in total. The average Bonchev–Trinajstić information content (AvgIpc) is 2.79. The summed E-state index contributed by atoms with van der Waals surface area (Å²) in [5, 5.41) is 10.7. The van der Waals surface area contributed by atoms with Crippen molar-refractivity contribution in [1.82, 2.24) is 0 Å². The van der Waals surface area contributed by atoms with Gasteiger partial charge >= 0.3 is 0 Å². The molecule has 4 heteroatoms. The van der Waals surface area contributed by atoms with Crippen molar-refractivity contribution in [3.63, 3.8) is 0 Å². The molecule has 0 aromatic heterocycles. The second-order valence-corrected chi connectivity index (χ2v) is 5.56. The topological polar surface area (TPSA) is 23.5 Å². The number of anilines is 1. The van der Waals surface area contributed by atoms with E-state index in [1.165, 1.54) is 23.4 Å². The Kier molecular flexibility index (Phi) is 3.40. The molecule has 0 fully saturated rings. The van der Waals surface area contributed by atoms with E-state index in [4.69, 9.17) is 11.6 Å². The fourth-order valence-corrected chi connectivity index (χ4v) is 2.82. The van der Waals surface area contributed by atoms with Crippen LogP contribution in [-0.2, 0) is 6.42 Å². The van der Waals surface area contributed by atoms with Crippen molar-refractivity contribution >= 4 is 17.3 Å². The molecule has 104 valence electrons. The largest absolute Gasteiger partial charge is 0.384 e. The van der Waals surface area contributed by atoms with Crippen molar-refractivity contribution in [3.05, 3.63) is 63.9 Å². The molecule has 0 amide bonds. The monoisotopic (exact) mass is 291 g/mol. The van der Waals surface area contributed by atoms with Crippen LogP contribution in [0.3, 0.4) is 0 Å². The highest BCUT2D eigenvalue weighted by Crippen LogP contribution is 2.32. The molecule has 0 radical (unpaired) electrons. The van der Waals surface area contributed by atoms with Gasteiger partial charge in [-0.25, -0.2) is 4.39 Å². The number of benzene rings is 2. The molecular weight excluding hydrogens is 277 g/mol. The number of aliphatic hydroxyl groups is 1. The van der Waals surface area contributed by atoms with Gasteiger partial charge in [0.05, 0.1) is 0 Å². The molecule has 0 spiro atoms. The van der Waals surface area contributed by atoms with Crippen LogP contribution in [0.2, 0.25) is 5.02 Å². The summed E-state index contributed by atoms with van der Waals surface area (Å²) in [5.74, 6) is -0.484. The number of rotatable bonds is 2. The Morgan fingerprint density at radius 3 is 2.80 bits per heavy atom. The standard InChI is InChI=1S/C16H15ClFNO/c1-19-7-6-10-8-11(2-5-15(10)19)16(20)13-4-3-12(17)9-14(13)18/h2-5,8-9,16,20H,6-7H2,1H3. The zero-order chi connectivity index (χ0) is 14.3. The predicted octanol–water partition coefficient (Wildman–Crippen LogP) is 3.55. The van der Waals surface area contributed by atoms with Gasteiger partial charge in [0.1, 0.15) is 11.9 Å². The maximum absolute atomic E-state index is 13.9. The molecule has 20 heavy (non-hydrogen) atoms. The van der Waals surface area contributed by atoms with Crippen LogP contribution >= 0.6 is 11.6 Å². The Morgan fingerprint density at radius 2 is 2.05 bits per heavy atom. The number of halogens is 2. The van der Waals surface area contributed by atoms with Crippen molar-refractivity contribution in [2.24, 2.45) is 0 Å². The highest BCUT2D eigenvalue weighted by Gasteiger charge is 2.20. The minimum Gasteiger partial charge on any atom is -0.384 e. The third kappa shape index (κ3) is 2.28. The maximum atomic E-state index is 13.9. The first-order chi connectivity index (χ1) is 9.56. The molecule has 2 aromatic rings. The van der Waals surface area contributed by atoms with Gasteiger partial charge in [0.25, 0.3) is 0 Å². The minimum atomic E-state index is -0.969. The quantitative estimate of drug-likeness (QED) is 0.914. The van der Waals surface area contributed by atoms with Gasteiger partial charge in [-0.1, -0.05) is 29.8 Å². The van der Waals surface area contributed by atoms with E-state index < -0.39 is 11.9 Å². The van der Waals surface area contributed by atoms with Gasteiger partial charge < -0.3 is 10.0 Å². The van der Waals surface area contributed by atoms with Gasteiger partial charge in [0.2, 0.25) is 0 Å². The first kappa shape index (κ1) is 13.4. The number of hydrogen-bond acceptors (Lipinski definition) is 2. The lowest BCUT2D eigenvalue weighted by atomic mass is 9.98. The molecule has 0 aliphatic carbocycles. The Balaban J connectivity index is 1.97. The third-order valence-corrected chi connectivity index (χ3v) is 4.04. The van der Waals surface area contributed by atoms with Crippen LogP contribution in [0.25, 0.3) is 0 Å². The Morgan fingerprint density at radius 1 is 1.25 bits per heavy atom. The summed E-state index contributed by atoms with van der Waals surface area (Å²) >= 11 is 5.73. The van der Waals surface area contributed by atoms with Gasteiger partial charge in [0.15, 0.2) is 0 Å². The van der Waals surface area contributed by atoms with Crippen molar-refractivity contribution in [3.8, 4) is 0 Å². The van der Waals surface area contributed by atoms with Crippen LogP contribution in [0.4, 0.5) is 10.1 Å². The summed E-state index contributed by atoms with van der Waals surface area (Å²) in [6.45, 7) is 0.976. The van der Waals surface area contributed by atoms with Crippen LogP contribution in [-0.4, -0.2) is 18.7 Å². The number of hydrogen-bond donors (Lipinski definition) is 1. The molecule has 1 atom stereocenters. The molecule has 2 aromatic carbocycles. The Hall–Kier alpha value is -1.58. The van der Waals surface area contributed by atoms with Crippen LogP contribution in [0.5, 0.6) is 0 Å². The van der Waals surface area contributed by atoms with E-state index in [-0.39, 0.29) is 5.56 Å². The number of nitrogens with zero attached hydrogens (tertiary/aromatic N) is 1. The van der Waals surface area contributed by atoms with E-state index in [2.05, 4.69) is 4.90 Å². The van der Waals surface area contributed by atoms with Crippen molar-refractivity contribution in [1.29, 1.82) is 0 Å². The van der Waals surface area contributed by atoms with Crippen LogP contribution in [0.1, 0.15) is 22.8 Å². The average molecular weight is 292 g/mol. The van der Waals surface area contributed by atoms with Gasteiger partial charge in [0, 0.05) is 29.9 Å². The lowest BCUT2D eigenvalue weighted by molar-refractivity contribution is 0.215. The molecule has 2 nitrogen and oxygen atoms in total. The summed E-state index contributed by atoms with van der Waals surface area (Å²) in [6.07, 6.45) is -0.0151. The number of likely N-dealkylation sites (N-methyl/N-ethyl adjacent to an activating group) is 1. The van der Waals surface area contributed by atoms with E-state index in [9.17, 15) is 9.50 Å².